The Balaban J connectivity index is 0.000000263. The van der Waals surface area contributed by atoms with Crippen molar-refractivity contribution in [3.05, 3.63) is 224 Å². The lowest BCUT2D eigenvalue weighted by Gasteiger charge is -2.33. The quantitative estimate of drug-likeness (QED) is 0.0973. The van der Waals surface area contributed by atoms with Crippen molar-refractivity contribution < 1.29 is 49.3 Å². The molecule has 536 valence electrons. The molecule has 1 fully saturated rings. The number of ketones is 1. The number of nitriles is 1. The number of primary amides is 1. The number of aryl methyl sites for hydroxylation is 4. The van der Waals surface area contributed by atoms with E-state index in [1.165, 1.54) is 171 Å². The lowest BCUT2D eigenvalue weighted by Crippen LogP contribution is -2.22. The van der Waals surface area contributed by atoms with Crippen molar-refractivity contribution in [3.8, 4) is 39.4 Å². The highest BCUT2D eigenvalue weighted by molar-refractivity contribution is 8.24. The molecule has 0 saturated heterocycles. The SMILES string of the molecule is C.C.C.CCCC1CCC2=CC(=O)CCC2C1.CCCC1CCc2cc(-c3cc(F)c(C#N)c(F)c3)ccc2C1.CCCC1CCc2cc(-c3cc(F)c(C(N)=O)c(F)c3)ccc2C1.CCCC1CCc2cc(-c3cc(F)cc(F)c3)ccc2C1.Cc1cc(F)cc(F)c1.O=P(Cl)(Cl)Cl. The van der Waals surface area contributed by atoms with Crippen molar-refractivity contribution in [2.24, 2.45) is 35.3 Å². The van der Waals surface area contributed by atoms with Gasteiger partial charge < -0.3 is 5.73 Å². The summed E-state index contributed by atoms with van der Waals surface area (Å²) in [6, 6.07) is 31.7. The van der Waals surface area contributed by atoms with Crippen LogP contribution in [0.2, 0.25) is 0 Å². The Morgan fingerprint density at radius 2 is 0.818 bits per heavy atom. The summed E-state index contributed by atoms with van der Waals surface area (Å²) < 4.78 is 116. The lowest BCUT2D eigenvalue weighted by molar-refractivity contribution is -0.115. The van der Waals surface area contributed by atoms with Gasteiger partial charge in [0.15, 0.2) is 5.78 Å². The molecule has 5 nitrogen and oxygen atoms in total. The molecule has 0 bridgehead atoms. The number of carbonyl (C=O) groups excluding carboxylic acids is 2. The van der Waals surface area contributed by atoms with E-state index in [1.807, 2.05) is 36.4 Å². The van der Waals surface area contributed by atoms with Crippen LogP contribution in [0.1, 0.15) is 208 Å². The molecule has 0 radical (unpaired) electrons. The fourth-order valence-electron chi connectivity index (χ4n) is 14.2. The van der Waals surface area contributed by atoms with E-state index in [0.717, 1.165) is 116 Å². The van der Waals surface area contributed by atoms with Gasteiger partial charge in [-0.15, -0.1) is 0 Å². The van der Waals surface area contributed by atoms with Gasteiger partial charge >= 0.3 is 5.20 Å². The number of nitrogens with two attached hydrogens (primary N) is 1. The Hall–Kier alpha value is -6.55. The predicted molar refractivity (Wildman–Crippen MR) is 394 cm³/mol. The van der Waals surface area contributed by atoms with Crippen molar-refractivity contribution in [2.45, 2.75) is 198 Å². The topological polar surface area (TPSA) is 101 Å². The van der Waals surface area contributed by atoms with Gasteiger partial charge in [-0.1, -0.05) is 162 Å². The summed E-state index contributed by atoms with van der Waals surface area (Å²) in [5.74, 6) is -2.27. The fourth-order valence-corrected chi connectivity index (χ4v) is 14.2. The number of amides is 1. The first-order valence-corrected chi connectivity index (χ1v) is 38.0. The van der Waals surface area contributed by atoms with Crippen molar-refractivity contribution in [3.63, 3.8) is 0 Å². The maximum atomic E-state index is 14.0. The zero-order valence-electron chi connectivity index (χ0n) is 55.3. The van der Waals surface area contributed by atoms with Crippen molar-refractivity contribution in [1.29, 1.82) is 5.26 Å². The average molecular weight is 1450 g/mol. The molecule has 0 aromatic heterocycles. The van der Waals surface area contributed by atoms with E-state index in [1.54, 1.807) is 13.0 Å². The molecule has 7 aromatic rings. The summed E-state index contributed by atoms with van der Waals surface area (Å²) in [5.41, 5.74) is 17.8. The highest BCUT2D eigenvalue weighted by Gasteiger charge is 2.29. The molecule has 1 saturated carbocycles. The first kappa shape index (κ1) is 84.9. The molecule has 0 heterocycles. The number of benzene rings is 7. The Morgan fingerprint density at radius 1 is 0.475 bits per heavy atom. The molecule has 12 rings (SSSR count). The minimum atomic E-state index is -3.22. The third-order valence-electron chi connectivity index (χ3n) is 18.8. The maximum Gasteiger partial charge on any atom is 0.339 e. The smallest absolute Gasteiger partial charge is 0.339 e. The summed E-state index contributed by atoms with van der Waals surface area (Å²) in [5, 5.41) is 5.54. The average Bonchev–Trinajstić information content (AvgIpc) is 0.811. The molecule has 7 aromatic carbocycles. The van der Waals surface area contributed by atoms with Gasteiger partial charge in [0, 0.05) is 18.6 Å². The summed E-state index contributed by atoms with van der Waals surface area (Å²) >= 11 is 13.8. The van der Waals surface area contributed by atoms with Crippen molar-refractivity contribution in [2.75, 3.05) is 0 Å². The monoisotopic (exact) mass is 1450 g/mol. The van der Waals surface area contributed by atoms with E-state index in [2.05, 4.69) is 85.7 Å². The van der Waals surface area contributed by atoms with Gasteiger partial charge in [0.05, 0.1) is 0 Å². The van der Waals surface area contributed by atoms with Gasteiger partial charge in [0.1, 0.15) is 63.7 Å². The number of nitrogens with zero attached hydrogens (tertiary/aromatic N) is 1. The second kappa shape index (κ2) is 40.8. The van der Waals surface area contributed by atoms with Gasteiger partial charge in [0.2, 0.25) is 0 Å². The van der Waals surface area contributed by atoms with Crippen LogP contribution in [0.15, 0.2) is 127 Å². The Bertz CT molecular complexity index is 3840. The number of rotatable bonds is 12. The van der Waals surface area contributed by atoms with E-state index in [-0.39, 0.29) is 22.3 Å². The number of carbonyl (C=O) groups is 2. The predicted octanol–water partition coefficient (Wildman–Crippen LogP) is 26.1. The minimum Gasteiger partial charge on any atom is -0.365 e. The molecular weight excluding hydrogens is 1350 g/mol. The molecule has 99 heavy (non-hydrogen) atoms. The number of hydrogen-bond acceptors (Lipinski definition) is 4. The first-order chi connectivity index (χ1) is 45.7. The minimum absolute atomic E-state index is 0. The summed E-state index contributed by atoms with van der Waals surface area (Å²) in [6.07, 6.45) is 27.8. The standard InChI is InChI=1S/C20H21F2NO.C20H19F2N.C19H20F2.C13H20O.C7H6F2.3CH4.Cl3OP/c1-2-3-12-4-5-14-9-15(7-6-13(14)8-12)16-10-17(21)19(20(23)24)18(22)11-16;1-2-3-13-4-5-15-9-16(7-6-14(15)8-13)17-10-19(21)18(12-23)20(22)11-17;1-2-3-13-4-5-15-9-16(7-6-14(15)8-13)17-10-18(20)12-19(21)11-17;1-2-3-10-4-5-12-9-13(14)7-6-11(12)8-10;1-5-2-6(8)4-7(9)3-5;;;;1-5(2,3)4/h6-7,9-12H,2-5,8H2,1H3,(H2,23,24);6-7,9-11,13H,2-5,8H2,1H3;6-7,9-13H,2-5,8H2,1H3;9-11H,2-8H2,1H3;2-4H,1H3;3*1H4;. The molecule has 0 spiro atoms. The number of allylic oxidation sites excluding steroid dienone is 2. The number of hydrogen-bond donors (Lipinski definition) is 1. The third-order valence-corrected chi connectivity index (χ3v) is 18.8. The Kier molecular flexibility index (Phi) is 35.0. The lowest BCUT2D eigenvalue weighted by atomic mass is 9.72. The van der Waals surface area contributed by atoms with Gasteiger partial charge in [-0.3, -0.25) is 14.2 Å². The third kappa shape index (κ3) is 26.1. The van der Waals surface area contributed by atoms with Crippen LogP contribution in [0, 0.1) is 94.4 Å². The second-order valence-corrected chi connectivity index (χ2v) is 32.7. The van der Waals surface area contributed by atoms with Gasteiger partial charge in [-0.2, -0.15) is 5.26 Å². The van der Waals surface area contributed by atoms with Crippen LogP contribution in [0.3, 0.4) is 0 Å². The summed E-state index contributed by atoms with van der Waals surface area (Å²) in [7, 11) is 0. The molecule has 5 atom stereocenters. The van der Waals surface area contributed by atoms with Gasteiger partial charge in [0.25, 0.3) is 5.91 Å². The van der Waals surface area contributed by atoms with E-state index in [4.69, 9.17) is 11.0 Å². The van der Waals surface area contributed by atoms with Crippen LogP contribution in [-0.4, -0.2) is 11.7 Å². The fraction of sp³-hybridized carbons (Fsp3) is 0.427. The molecule has 1 amide bonds. The Morgan fingerprint density at radius 3 is 1.17 bits per heavy atom. The molecular formula is C82H98Cl3F8N2O3P. The molecule has 5 aliphatic carbocycles. The van der Waals surface area contributed by atoms with E-state index in [9.17, 15) is 49.3 Å². The molecule has 5 unspecified atom stereocenters. The molecule has 17 heteroatoms. The van der Waals surface area contributed by atoms with E-state index in [0.29, 0.717) is 28.0 Å². The Labute approximate surface area is 598 Å². The van der Waals surface area contributed by atoms with Crippen molar-refractivity contribution >= 4 is 50.6 Å². The first-order valence-electron chi connectivity index (χ1n) is 33.6. The van der Waals surface area contributed by atoms with Crippen LogP contribution < -0.4 is 5.73 Å². The van der Waals surface area contributed by atoms with E-state index < -0.39 is 68.8 Å². The second-order valence-electron chi connectivity index (χ2n) is 26.1. The highest BCUT2D eigenvalue weighted by Crippen LogP contribution is 2.61. The number of halogens is 11. The molecule has 0 aliphatic heterocycles. The number of fused-ring (bicyclic) bond motifs is 4. The largest absolute Gasteiger partial charge is 0.365 e. The van der Waals surface area contributed by atoms with Crippen molar-refractivity contribution in [1.82, 2.24) is 0 Å². The molecule has 5 aliphatic rings. The molecule has 2 N–H and O–H groups in total. The zero-order valence-corrected chi connectivity index (χ0v) is 58.5. The normalized spacial score (nSPS) is 17.7. The van der Waals surface area contributed by atoms with E-state index >= 15 is 0 Å². The van der Waals surface area contributed by atoms with Crippen LogP contribution in [0.25, 0.3) is 33.4 Å². The van der Waals surface area contributed by atoms with Gasteiger partial charge in [-0.25, -0.2) is 35.1 Å². The maximum absolute atomic E-state index is 14.0. The summed E-state index contributed by atoms with van der Waals surface area (Å²) in [6.45, 7) is 10.6. The summed E-state index contributed by atoms with van der Waals surface area (Å²) in [4.78, 5) is 22.4. The van der Waals surface area contributed by atoms with Gasteiger partial charge in [-0.05, 0) is 281 Å². The van der Waals surface area contributed by atoms with Crippen LogP contribution in [0.5, 0.6) is 0 Å². The van der Waals surface area contributed by atoms with Crippen LogP contribution >= 0.6 is 38.9 Å². The highest BCUT2D eigenvalue weighted by atomic mass is 36.0. The van der Waals surface area contributed by atoms with Crippen LogP contribution in [-0.2, 0) is 47.9 Å². The zero-order chi connectivity index (χ0) is 69.8. The van der Waals surface area contributed by atoms with Crippen LogP contribution in [0.4, 0.5) is 35.1 Å².